The fraction of sp³-hybridized carbons (Fsp3) is 0.0667. The monoisotopic (exact) mass is 379 g/mol. The van der Waals surface area contributed by atoms with E-state index >= 15 is 0 Å². The van der Waals surface area contributed by atoms with Crippen LogP contribution in [0.4, 0.5) is 0 Å². The molecule has 1 aromatic heterocycles. The number of hydrogen-bond acceptors (Lipinski definition) is 2. The van der Waals surface area contributed by atoms with E-state index in [0.29, 0.717) is 0 Å². The Hall–Kier alpha value is -1.10. The molecule has 0 saturated carbocycles. The molecule has 1 atom stereocenters. The van der Waals surface area contributed by atoms with Gasteiger partial charge in [0, 0.05) is 14.3 Å². The molecule has 2 N–H and O–H groups in total. The van der Waals surface area contributed by atoms with Crippen molar-refractivity contribution < 1.29 is 4.42 Å². The van der Waals surface area contributed by atoms with Gasteiger partial charge in [-0.15, -0.1) is 0 Å². The van der Waals surface area contributed by atoms with Crippen molar-refractivity contribution in [3.05, 3.63) is 68.8 Å². The Morgan fingerprint density at radius 1 is 0.947 bits per heavy atom. The average Bonchev–Trinajstić information content (AvgIpc) is 2.80. The fourth-order valence-corrected chi connectivity index (χ4v) is 2.85. The molecule has 0 amide bonds. The Morgan fingerprint density at radius 3 is 2.53 bits per heavy atom. The summed E-state index contributed by atoms with van der Waals surface area (Å²) in [6.07, 6.45) is 0. The Bertz CT molecular complexity index is 736. The number of benzene rings is 2. The number of halogens is 2. The van der Waals surface area contributed by atoms with E-state index in [9.17, 15) is 0 Å². The van der Waals surface area contributed by atoms with Crippen molar-refractivity contribution in [1.29, 1.82) is 0 Å². The van der Waals surface area contributed by atoms with Gasteiger partial charge in [0.2, 0.25) is 0 Å². The first-order chi connectivity index (χ1) is 9.13. The lowest BCUT2D eigenvalue weighted by Gasteiger charge is -2.09. The average molecular weight is 381 g/mol. The Kier molecular flexibility index (Phi) is 3.48. The van der Waals surface area contributed by atoms with Crippen LogP contribution in [0.5, 0.6) is 0 Å². The highest BCUT2D eigenvalue weighted by Crippen LogP contribution is 2.29. The predicted molar refractivity (Wildman–Crippen MR) is 84.1 cm³/mol. The number of nitrogens with two attached hydrogens (primary N) is 1. The Labute approximate surface area is 127 Å². The molecule has 0 radical (unpaired) electrons. The van der Waals surface area contributed by atoms with Gasteiger partial charge in [-0.3, -0.25) is 0 Å². The van der Waals surface area contributed by atoms with Crippen LogP contribution in [0, 0.1) is 0 Å². The normalized spacial score (nSPS) is 12.8. The molecule has 1 heterocycles. The highest BCUT2D eigenvalue weighted by Gasteiger charge is 2.14. The molecule has 0 fully saturated rings. The van der Waals surface area contributed by atoms with Gasteiger partial charge in [-0.25, -0.2) is 0 Å². The zero-order valence-electron chi connectivity index (χ0n) is 9.94. The molecule has 0 aliphatic rings. The molecule has 1 unspecified atom stereocenters. The molecule has 3 aromatic rings. The van der Waals surface area contributed by atoms with E-state index in [2.05, 4.69) is 31.9 Å². The first-order valence-corrected chi connectivity index (χ1v) is 7.42. The first kappa shape index (κ1) is 12.9. The van der Waals surface area contributed by atoms with Gasteiger partial charge in [-0.1, -0.05) is 44.0 Å². The molecule has 2 aromatic carbocycles. The van der Waals surface area contributed by atoms with Crippen molar-refractivity contribution in [1.82, 2.24) is 0 Å². The zero-order valence-corrected chi connectivity index (χ0v) is 13.1. The van der Waals surface area contributed by atoms with Gasteiger partial charge < -0.3 is 10.2 Å². The number of rotatable bonds is 2. The van der Waals surface area contributed by atoms with Crippen LogP contribution in [0.3, 0.4) is 0 Å². The SMILES string of the molecule is NC(c1cccc(Br)c1)c1cc2cc(Br)ccc2o1. The van der Waals surface area contributed by atoms with E-state index in [0.717, 1.165) is 31.2 Å². The molecular formula is C15H11Br2NO. The molecule has 19 heavy (non-hydrogen) atoms. The van der Waals surface area contributed by atoms with Crippen molar-refractivity contribution in [3.8, 4) is 0 Å². The van der Waals surface area contributed by atoms with Crippen LogP contribution >= 0.6 is 31.9 Å². The summed E-state index contributed by atoms with van der Waals surface area (Å²) in [5.41, 5.74) is 8.13. The third-order valence-corrected chi connectivity index (χ3v) is 4.00. The maximum atomic E-state index is 6.26. The Morgan fingerprint density at radius 2 is 1.74 bits per heavy atom. The van der Waals surface area contributed by atoms with Crippen LogP contribution in [0.2, 0.25) is 0 Å². The number of fused-ring (bicyclic) bond motifs is 1. The molecule has 2 nitrogen and oxygen atoms in total. The summed E-state index contributed by atoms with van der Waals surface area (Å²) < 4.78 is 7.86. The second kappa shape index (κ2) is 5.12. The van der Waals surface area contributed by atoms with Crippen molar-refractivity contribution >= 4 is 42.8 Å². The van der Waals surface area contributed by atoms with E-state index in [1.54, 1.807) is 0 Å². The third-order valence-electron chi connectivity index (χ3n) is 3.01. The third kappa shape index (κ3) is 2.61. The largest absolute Gasteiger partial charge is 0.459 e. The van der Waals surface area contributed by atoms with Gasteiger partial charge in [0.25, 0.3) is 0 Å². The minimum absolute atomic E-state index is 0.260. The predicted octanol–water partition coefficient (Wildman–Crippen LogP) is 5.01. The zero-order chi connectivity index (χ0) is 13.4. The van der Waals surface area contributed by atoms with E-state index < -0.39 is 0 Å². The second-order valence-electron chi connectivity index (χ2n) is 4.36. The van der Waals surface area contributed by atoms with Crippen LogP contribution < -0.4 is 5.73 Å². The van der Waals surface area contributed by atoms with Gasteiger partial charge >= 0.3 is 0 Å². The van der Waals surface area contributed by atoms with Crippen LogP contribution in [0.15, 0.2) is 61.9 Å². The summed E-state index contributed by atoms with van der Waals surface area (Å²) in [6.45, 7) is 0. The number of furan rings is 1. The Balaban J connectivity index is 2.04. The highest BCUT2D eigenvalue weighted by molar-refractivity contribution is 9.10. The van der Waals surface area contributed by atoms with Crippen molar-refractivity contribution in [2.24, 2.45) is 5.73 Å². The van der Waals surface area contributed by atoms with Crippen molar-refractivity contribution in [3.63, 3.8) is 0 Å². The van der Waals surface area contributed by atoms with Gasteiger partial charge in [0.1, 0.15) is 11.3 Å². The standard InChI is InChI=1S/C15H11Br2NO/c16-11-3-1-2-9(6-11)15(18)14-8-10-7-12(17)4-5-13(10)19-14/h1-8,15H,18H2. The second-order valence-corrected chi connectivity index (χ2v) is 6.19. The van der Waals surface area contributed by atoms with Crippen LogP contribution in [-0.4, -0.2) is 0 Å². The van der Waals surface area contributed by atoms with Crippen LogP contribution in [0.25, 0.3) is 11.0 Å². The molecule has 4 heteroatoms. The minimum atomic E-state index is -0.260. The van der Waals surface area contributed by atoms with E-state index in [4.69, 9.17) is 10.2 Å². The van der Waals surface area contributed by atoms with Gasteiger partial charge in [-0.05, 0) is 42.0 Å². The lowest BCUT2D eigenvalue weighted by atomic mass is 10.1. The minimum Gasteiger partial charge on any atom is -0.459 e. The van der Waals surface area contributed by atoms with Crippen molar-refractivity contribution in [2.75, 3.05) is 0 Å². The van der Waals surface area contributed by atoms with E-state index in [-0.39, 0.29) is 6.04 Å². The first-order valence-electron chi connectivity index (χ1n) is 5.83. The fourth-order valence-electron chi connectivity index (χ4n) is 2.05. The van der Waals surface area contributed by atoms with Gasteiger partial charge in [0.05, 0.1) is 6.04 Å². The maximum Gasteiger partial charge on any atom is 0.134 e. The topological polar surface area (TPSA) is 39.2 Å². The maximum absolute atomic E-state index is 6.26. The molecule has 0 bridgehead atoms. The molecule has 0 saturated heterocycles. The summed E-state index contributed by atoms with van der Waals surface area (Å²) in [5, 5.41) is 1.05. The molecule has 0 aliphatic carbocycles. The lowest BCUT2D eigenvalue weighted by molar-refractivity contribution is 0.525. The van der Waals surface area contributed by atoms with Crippen LogP contribution in [0.1, 0.15) is 17.4 Å². The molecule has 3 rings (SSSR count). The van der Waals surface area contributed by atoms with Crippen molar-refractivity contribution in [2.45, 2.75) is 6.04 Å². The molecule has 96 valence electrons. The summed E-state index contributed by atoms with van der Waals surface area (Å²) in [4.78, 5) is 0. The highest BCUT2D eigenvalue weighted by atomic mass is 79.9. The summed E-state index contributed by atoms with van der Waals surface area (Å²) in [6, 6.07) is 15.6. The summed E-state index contributed by atoms with van der Waals surface area (Å²) >= 11 is 6.91. The quantitative estimate of drug-likeness (QED) is 0.678. The summed E-state index contributed by atoms with van der Waals surface area (Å²) in [7, 11) is 0. The van der Waals surface area contributed by atoms with E-state index in [1.807, 2.05) is 48.5 Å². The summed E-state index contributed by atoms with van der Waals surface area (Å²) in [5.74, 6) is 0.770. The molecular weight excluding hydrogens is 370 g/mol. The van der Waals surface area contributed by atoms with Crippen LogP contribution in [-0.2, 0) is 0 Å². The molecule has 0 spiro atoms. The smallest absolute Gasteiger partial charge is 0.134 e. The van der Waals surface area contributed by atoms with Gasteiger partial charge in [0.15, 0.2) is 0 Å². The molecule has 0 aliphatic heterocycles. The van der Waals surface area contributed by atoms with Gasteiger partial charge in [-0.2, -0.15) is 0 Å². The lowest BCUT2D eigenvalue weighted by Crippen LogP contribution is -2.10. The number of hydrogen-bond donors (Lipinski definition) is 1. The van der Waals surface area contributed by atoms with E-state index in [1.165, 1.54) is 0 Å².